The molecular weight excluding hydrogens is 576 g/mol. The molecule has 4 nitrogen and oxygen atoms in total. The Hall–Kier alpha value is -6.57. The summed E-state index contributed by atoms with van der Waals surface area (Å²) in [6.45, 7) is 8.12. The Kier molecular flexibility index (Phi) is 5.32. The van der Waals surface area contributed by atoms with Crippen LogP contribution >= 0.6 is 0 Å². The zero-order valence-corrected chi connectivity index (χ0v) is 25.1. The Morgan fingerprint density at radius 2 is 1.13 bits per heavy atom. The van der Waals surface area contributed by atoms with E-state index in [4.69, 9.17) is 15.4 Å². The summed E-state index contributed by atoms with van der Waals surface area (Å²) in [5.74, 6) is 0. The summed E-state index contributed by atoms with van der Waals surface area (Å²) in [6, 6.07) is 50.4. The Bertz CT molecular complexity index is 2920. The van der Waals surface area contributed by atoms with Crippen molar-refractivity contribution in [2.24, 2.45) is 0 Å². The van der Waals surface area contributed by atoms with Crippen LogP contribution in [0.4, 0.5) is 5.69 Å². The highest BCUT2D eigenvalue weighted by Gasteiger charge is 2.20. The highest BCUT2D eigenvalue weighted by Crippen LogP contribution is 2.43. The van der Waals surface area contributed by atoms with Crippen LogP contribution in [0.15, 0.2) is 154 Å². The predicted molar refractivity (Wildman–Crippen MR) is 192 cm³/mol. The van der Waals surface area contributed by atoms with Gasteiger partial charge in [-0.1, -0.05) is 97.1 Å². The largest absolute Gasteiger partial charge is 0.465 e. The van der Waals surface area contributed by atoms with E-state index in [9.17, 15) is 0 Å². The topological polar surface area (TPSA) is 35.6 Å². The van der Waals surface area contributed by atoms with Crippen LogP contribution in [0.3, 0.4) is 0 Å². The minimum absolute atomic E-state index is 0.484. The van der Waals surface area contributed by atoms with Gasteiger partial charge in [-0.15, -0.1) is 0 Å². The fourth-order valence-corrected chi connectivity index (χ4v) is 7.24. The molecule has 0 aliphatic heterocycles. The average molecular weight is 601 g/mol. The van der Waals surface area contributed by atoms with Crippen LogP contribution < -0.4 is 0 Å². The Morgan fingerprint density at radius 3 is 2.00 bits per heavy atom. The maximum Gasteiger partial charge on any atom is 0.230 e. The SMILES string of the molecule is [C-]#[N+]c1cc(-c2ccc3c(c2)oc2ccccc23)cc2c1oc1c(-n3c4ccccc4c4ccc(-c5ccccc5)cc43)cccc12. The van der Waals surface area contributed by atoms with Crippen molar-refractivity contribution in [3.05, 3.63) is 157 Å². The smallest absolute Gasteiger partial charge is 0.230 e. The number of furan rings is 2. The predicted octanol–water partition coefficient (Wildman–Crippen LogP) is 12.5. The van der Waals surface area contributed by atoms with E-state index in [1.807, 2.05) is 30.3 Å². The Balaban J connectivity index is 1.22. The first-order valence-corrected chi connectivity index (χ1v) is 15.6. The van der Waals surface area contributed by atoms with E-state index in [-0.39, 0.29) is 0 Å². The van der Waals surface area contributed by atoms with Crippen LogP contribution in [-0.2, 0) is 0 Å². The van der Waals surface area contributed by atoms with Crippen molar-refractivity contribution < 1.29 is 8.83 Å². The molecule has 0 atom stereocenters. The van der Waals surface area contributed by atoms with Gasteiger partial charge < -0.3 is 13.4 Å². The van der Waals surface area contributed by atoms with E-state index in [0.717, 1.165) is 71.7 Å². The maximum atomic E-state index is 8.12. The van der Waals surface area contributed by atoms with Gasteiger partial charge >= 0.3 is 0 Å². The van der Waals surface area contributed by atoms with Crippen molar-refractivity contribution in [3.63, 3.8) is 0 Å². The van der Waals surface area contributed by atoms with Gasteiger partial charge in [0.15, 0.2) is 5.58 Å². The second-order valence-corrected chi connectivity index (χ2v) is 12.0. The summed E-state index contributed by atoms with van der Waals surface area (Å²) >= 11 is 0. The van der Waals surface area contributed by atoms with Crippen molar-refractivity contribution in [1.82, 2.24) is 4.57 Å². The summed E-state index contributed by atoms with van der Waals surface area (Å²) in [5.41, 5.74) is 10.9. The van der Waals surface area contributed by atoms with E-state index in [0.29, 0.717) is 11.3 Å². The Morgan fingerprint density at radius 1 is 0.426 bits per heavy atom. The molecule has 10 aromatic rings. The quantitative estimate of drug-likeness (QED) is 0.189. The monoisotopic (exact) mass is 600 g/mol. The van der Waals surface area contributed by atoms with Gasteiger partial charge in [-0.25, -0.2) is 4.85 Å². The van der Waals surface area contributed by atoms with Crippen LogP contribution in [0.5, 0.6) is 0 Å². The molecule has 0 fully saturated rings. The van der Waals surface area contributed by atoms with Gasteiger partial charge in [-0.3, -0.25) is 0 Å². The number of rotatable bonds is 3. The summed E-state index contributed by atoms with van der Waals surface area (Å²) in [5, 5.41) is 6.43. The molecule has 10 rings (SSSR count). The van der Waals surface area contributed by atoms with Gasteiger partial charge in [0, 0.05) is 32.3 Å². The second-order valence-electron chi connectivity index (χ2n) is 12.0. The summed E-state index contributed by atoms with van der Waals surface area (Å²) < 4.78 is 15.2. The molecule has 3 heterocycles. The molecule has 0 aliphatic rings. The molecule has 7 aromatic carbocycles. The molecule has 0 amide bonds. The van der Waals surface area contributed by atoms with Crippen LogP contribution in [0.2, 0.25) is 0 Å². The molecule has 0 N–H and O–H groups in total. The summed E-state index contributed by atoms with van der Waals surface area (Å²) in [7, 11) is 0. The highest BCUT2D eigenvalue weighted by atomic mass is 16.3. The third-order valence-electron chi connectivity index (χ3n) is 9.41. The van der Waals surface area contributed by atoms with Crippen LogP contribution in [-0.4, -0.2) is 4.57 Å². The van der Waals surface area contributed by atoms with Crippen molar-refractivity contribution in [2.75, 3.05) is 0 Å². The number of fused-ring (bicyclic) bond motifs is 9. The zero-order valence-electron chi connectivity index (χ0n) is 25.1. The number of aromatic nitrogens is 1. The summed E-state index contributed by atoms with van der Waals surface area (Å²) in [6.07, 6.45) is 0. The van der Waals surface area contributed by atoms with Gasteiger partial charge in [0.2, 0.25) is 5.69 Å². The lowest BCUT2D eigenvalue weighted by atomic mass is 10.00. The molecule has 0 radical (unpaired) electrons. The molecule has 47 heavy (non-hydrogen) atoms. The van der Waals surface area contributed by atoms with Gasteiger partial charge in [0.25, 0.3) is 0 Å². The lowest BCUT2D eigenvalue weighted by molar-refractivity contribution is 0.668. The van der Waals surface area contributed by atoms with Crippen LogP contribution in [0, 0.1) is 6.57 Å². The lowest BCUT2D eigenvalue weighted by Crippen LogP contribution is -1.94. The van der Waals surface area contributed by atoms with Crippen LogP contribution in [0.1, 0.15) is 0 Å². The van der Waals surface area contributed by atoms with E-state index < -0.39 is 0 Å². The molecule has 3 aromatic heterocycles. The first kappa shape index (κ1) is 25.7. The zero-order chi connectivity index (χ0) is 31.1. The third kappa shape index (κ3) is 3.75. The molecule has 0 saturated heterocycles. The van der Waals surface area contributed by atoms with Gasteiger partial charge in [0.05, 0.1) is 23.3 Å². The van der Waals surface area contributed by atoms with E-state index >= 15 is 0 Å². The number of hydrogen-bond donors (Lipinski definition) is 0. The van der Waals surface area contributed by atoms with Crippen LogP contribution in [0.25, 0.3) is 98.5 Å². The molecule has 218 valence electrons. The van der Waals surface area contributed by atoms with Gasteiger partial charge in [-0.2, -0.15) is 0 Å². The lowest BCUT2D eigenvalue weighted by Gasteiger charge is -2.10. The minimum atomic E-state index is 0.484. The molecule has 0 spiro atoms. The van der Waals surface area contributed by atoms with E-state index in [1.165, 1.54) is 16.3 Å². The normalized spacial score (nSPS) is 11.8. The van der Waals surface area contributed by atoms with E-state index in [1.54, 1.807) is 0 Å². The fraction of sp³-hybridized carbons (Fsp3) is 0. The number of para-hydroxylation sites is 3. The summed E-state index contributed by atoms with van der Waals surface area (Å²) in [4.78, 5) is 3.94. The first-order chi connectivity index (χ1) is 23.2. The molecule has 4 heteroatoms. The van der Waals surface area contributed by atoms with Crippen molar-refractivity contribution in [3.8, 4) is 27.9 Å². The number of hydrogen-bond acceptors (Lipinski definition) is 2. The molecular formula is C43H24N2O2. The fourth-order valence-electron chi connectivity index (χ4n) is 7.24. The first-order valence-electron chi connectivity index (χ1n) is 15.6. The van der Waals surface area contributed by atoms with Crippen molar-refractivity contribution >= 4 is 71.4 Å². The molecule has 0 aliphatic carbocycles. The maximum absolute atomic E-state index is 8.12. The third-order valence-corrected chi connectivity index (χ3v) is 9.41. The highest BCUT2D eigenvalue weighted by molar-refractivity contribution is 6.15. The van der Waals surface area contributed by atoms with E-state index in [2.05, 4.69) is 125 Å². The van der Waals surface area contributed by atoms with Crippen molar-refractivity contribution in [1.29, 1.82) is 0 Å². The average Bonchev–Trinajstić information content (AvgIpc) is 3.80. The molecule has 0 saturated carbocycles. The van der Waals surface area contributed by atoms with Gasteiger partial charge in [-0.05, 0) is 70.8 Å². The second kappa shape index (κ2) is 9.71. The minimum Gasteiger partial charge on any atom is -0.465 e. The number of nitrogens with zero attached hydrogens (tertiary/aromatic N) is 2. The van der Waals surface area contributed by atoms with Gasteiger partial charge in [0.1, 0.15) is 16.7 Å². The van der Waals surface area contributed by atoms with Crippen molar-refractivity contribution in [2.45, 2.75) is 0 Å². The standard InChI is InChI=1S/C43H24N2O2/c1-44-36-23-29(28-19-21-33-32-13-6-8-17-40(32)46-41(33)25-28)22-35-34-14-9-16-38(43(34)47-42(35)36)45-37-15-7-5-12-30(37)31-20-18-27(24-39(31)45)26-10-3-2-4-11-26/h2-25H. The Labute approximate surface area is 269 Å². The molecule has 0 unspecified atom stereocenters. The number of benzene rings is 7. The molecule has 0 bridgehead atoms.